The lowest BCUT2D eigenvalue weighted by molar-refractivity contribution is 0.0146. The standard InChI is InChI=1S/C24H21FN2O5/c1-13-5-6-15-10-16-7-8-17(25)11-19(16)20(18(15)9-13)21-22(31-12-32-24(29)30-4)14(2)26-27(3)23(21)28/h5-11H,12H2,1-4H3. The van der Waals surface area contributed by atoms with E-state index >= 15 is 0 Å². The fourth-order valence-corrected chi connectivity index (χ4v) is 3.81. The average molecular weight is 436 g/mol. The molecule has 0 spiro atoms. The molecule has 3 aromatic carbocycles. The highest BCUT2D eigenvalue weighted by atomic mass is 19.1. The van der Waals surface area contributed by atoms with Crippen molar-refractivity contribution in [1.29, 1.82) is 0 Å². The highest BCUT2D eigenvalue weighted by molar-refractivity contribution is 6.13. The summed E-state index contributed by atoms with van der Waals surface area (Å²) in [5.74, 6) is -0.276. The summed E-state index contributed by atoms with van der Waals surface area (Å²) < 4.78 is 30.5. The minimum Gasteiger partial charge on any atom is -0.454 e. The molecular formula is C24H21FN2O5. The van der Waals surface area contributed by atoms with Crippen molar-refractivity contribution in [3.05, 3.63) is 69.9 Å². The van der Waals surface area contributed by atoms with Crippen LogP contribution in [0.15, 0.2) is 47.3 Å². The van der Waals surface area contributed by atoms with Crippen LogP contribution in [0.3, 0.4) is 0 Å². The van der Waals surface area contributed by atoms with Gasteiger partial charge in [-0.1, -0.05) is 29.8 Å². The number of halogens is 1. The normalized spacial score (nSPS) is 11.0. The minimum absolute atomic E-state index is 0.150. The van der Waals surface area contributed by atoms with E-state index in [0.717, 1.165) is 21.7 Å². The predicted molar refractivity (Wildman–Crippen MR) is 118 cm³/mol. The molecule has 0 amide bonds. The van der Waals surface area contributed by atoms with Crippen molar-refractivity contribution in [3.63, 3.8) is 0 Å². The number of benzene rings is 3. The third-order valence-corrected chi connectivity index (χ3v) is 5.23. The van der Waals surface area contributed by atoms with Crippen molar-refractivity contribution in [1.82, 2.24) is 9.78 Å². The van der Waals surface area contributed by atoms with Gasteiger partial charge in [-0.05, 0) is 53.6 Å². The first-order valence-corrected chi connectivity index (χ1v) is 9.84. The molecule has 164 valence electrons. The number of aromatic nitrogens is 2. The lowest BCUT2D eigenvalue weighted by Crippen LogP contribution is -2.24. The van der Waals surface area contributed by atoms with E-state index in [1.165, 1.54) is 31.0 Å². The van der Waals surface area contributed by atoms with Crippen LogP contribution in [0.5, 0.6) is 5.75 Å². The van der Waals surface area contributed by atoms with E-state index in [1.807, 2.05) is 31.2 Å². The molecule has 7 nitrogen and oxygen atoms in total. The third kappa shape index (κ3) is 3.75. The average Bonchev–Trinajstić information content (AvgIpc) is 2.76. The zero-order valence-corrected chi connectivity index (χ0v) is 18.1. The van der Waals surface area contributed by atoms with Gasteiger partial charge in [0.05, 0.1) is 12.7 Å². The van der Waals surface area contributed by atoms with Crippen LogP contribution in [0.2, 0.25) is 0 Å². The van der Waals surface area contributed by atoms with Gasteiger partial charge in [0.1, 0.15) is 11.5 Å². The summed E-state index contributed by atoms with van der Waals surface area (Å²) in [6.45, 7) is 3.14. The maximum atomic E-state index is 14.3. The monoisotopic (exact) mass is 436 g/mol. The Morgan fingerprint density at radius 1 is 1.03 bits per heavy atom. The number of ether oxygens (including phenoxy) is 3. The van der Waals surface area contributed by atoms with Crippen molar-refractivity contribution in [2.75, 3.05) is 13.9 Å². The van der Waals surface area contributed by atoms with Gasteiger partial charge in [0.2, 0.25) is 6.79 Å². The number of aryl methyl sites for hydroxylation is 3. The van der Waals surface area contributed by atoms with Crippen molar-refractivity contribution in [2.45, 2.75) is 13.8 Å². The van der Waals surface area contributed by atoms with E-state index in [9.17, 15) is 14.0 Å². The van der Waals surface area contributed by atoms with Gasteiger partial charge < -0.3 is 14.2 Å². The number of fused-ring (bicyclic) bond motifs is 2. The first kappa shape index (κ1) is 21.3. The number of rotatable bonds is 4. The zero-order valence-electron chi connectivity index (χ0n) is 18.1. The SMILES string of the molecule is COC(=O)OCOc1c(C)nn(C)c(=O)c1-c1c2cc(C)ccc2cc2ccc(F)cc12. The molecule has 0 radical (unpaired) electrons. The van der Waals surface area contributed by atoms with Crippen molar-refractivity contribution in [3.8, 4) is 16.9 Å². The second-order valence-electron chi connectivity index (χ2n) is 7.42. The molecule has 0 aliphatic carbocycles. The Balaban J connectivity index is 2.08. The summed E-state index contributed by atoms with van der Waals surface area (Å²) in [6, 6.07) is 12.3. The molecule has 0 N–H and O–H groups in total. The molecule has 0 saturated carbocycles. The number of methoxy groups -OCH3 is 1. The van der Waals surface area contributed by atoms with Crippen LogP contribution >= 0.6 is 0 Å². The number of nitrogens with zero attached hydrogens (tertiary/aromatic N) is 2. The smallest absolute Gasteiger partial charge is 0.454 e. The molecule has 0 aliphatic heterocycles. The van der Waals surface area contributed by atoms with Gasteiger partial charge in [-0.15, -0.1) is 0 Å². The van der Waals surface area contributed by atoms with Crippen LogP contribution in [-0.2, 0) is 16.5 Å². The number of hydrogen-bond acceptors (Lipinski definition) is 6. The van der Waals surface area contributed by atoms with Crippen LogP contribution in [0.25, 0.3) is 32.7 Å². The third-order valence-electron chi connectivity index (χ3n) is 5.23. The number of carbonyl (C=O) groups excluding carboxylic acids is 1. The van der Waals surface area contributed by atoms with Gasteiger partial charge in [-0.3, -0.25) is 4.79 Å². The Morgan fingerprint density at radius 3 is 2.44 bits per heavy atom. The molecular weight excluding hydrogens is 415 g/mol. The molecule has 0 unspecified atom stereocenters. The summed E-state index contributed by atoms with van der Waals surface area (Å²) in [5.41, 5.74) is 1.70. The van der Waals surface area contributed by atoms with Gasteiger partial charge in [0, 0.05) is 12.6 Å². The highest BCUT2D eigenvalue weighted by Gasteiger charge is 2.22. The lowest BCUT2D eigenvalue weighted by Gasteiger charge is -2.18. The van der Waals surface area contributed by atoms with E-state index in [1.54, 1.807) is 13.0 Å². The Bertz CT molecular complexity index is 1370. The number of hydrogen-bond donors (Lipinski definition) is 0. The Morgan fingerprint density at radius 2 is 1.72 bits per heavy atom. The quantitative estimate of drug-likeness (QED) is 0.264. The van der Waals surface area contributed by atoms with Gasteiger partial charge in [-0.2, -0.15) is 5.10 Å². The molecule has 4 aromatic rings. The summed E-state index contributed by atoms with van der Waals surface area (Å²) in [6.07, 6.45) is -0.922. The van der Waals surface area contributed by atoms with E-state index in [4.69, 9.17) is 9.47 Å². The lowest BCUT2D eigenvalue weighted by atomic mass is 9.91. The first-order chi connectivity index (χ1) is 15.3. The maximum absolute atomic E-state index is 14.3. The van der Waals surface area contributed by atoms with E-state index in [-0.39, 0.29) is 11.3 Å². The summed E-state index contributed by atoms with van der Waals surface area (Å²) in [7, 11) is 2.71. The summed E-state index contributed by atoms with van der Waals surface area (Å²) >= 11 is 0. The van der Waals surface area contributed by atoms with Crippen LogP contribution < -0.4 is 10.3 Å². The topological polar surface area (TPSA) is 79.7 Å². The van der Waals surface area contributed by atoms with Gasteiger partial charge in [0.15, 0.2) is 5.75 Å². The zero-order chi connectivity index (χ0) is 23.0. The van der Waals surface area contributed by atoms with Gasteiger partial charge in [0.25, 0.3) is 5.56 Å². The molecule has 8 heteroatoms. The second kappa shape index (κ2) is 8.30. The molecule has 1 heterocycles. The van der Waals surface area contributed by atoms with Crippen molar-refractivity contribution in [2.24, 2.45) is 7.05 Å². The van der Waals surface area contributed by atoms with Gasteiger partial charge >= 0.3 is 6.16 Å². The molecule has 0 atom stereocenters. The molecule has 1 aromatic heterocycles. The fourth-order valence-electron chi connectivity index (χ4n) is 3.81. The summed E-state index contributed by atoms with van der Waals surface area (Å²) in [4.78, 5) is 24.7. The molecule has 0 fully saturated rings. The van der Waals surface area contributed by atoms with Crippen LogP contribution in [-0.4, -0.2) is 29.8 Å². The van der Waals surface area contributed by atoms with Crippen molar-refractivity contribution < 1.29 is 23.4 Å². The Labute approximate surface area is 182 Å². The Kier molecular flexibility index (Phi) is 5.52. The van der Waals surface area contributed by atoms with E-state index in [2.05, 4.69) is 9.84 Å². The number of carbonyl (C=O) groups is 1. The van der Waals surface area contributed by atoms with Crippen LogP contribution in [0.1, 0.15) is 11.3 Å². The fraction of sp³-hybridized carbons (Fsp3) is 0.208. The summed E-state index contributed by atoms with van der Waals surface area (Å²) in [5, 5.41) is 7.19. The molecule has 0 saturated heterocycles. The first-order valence-electron chi connectivity index (χ1n) is 9.84. The largest absolute Gasteiger partial charge is 0.510 e. The molecule has 4 rings (SSSR count). The van der Waals surface area contributed by atoms with Gasteiger partial charge in [-0.25, -0.2) is 13.9 Å². The predicted octanol–water partition coefficient (Wildman–Crippen LogP) is 4.63. The second-order valence-corrected chi connectivity index (χ2v) is 7.42. The maximum Gasteiger partial charge on any atom is 0.510 e. The highest BCUT2D eigenvalue weighted by Crippen LogP contribution is 2.40. The van der Waals surface area contributed by atoms with Crippen molar-refractivity contribution >= 4 is 27.7 Å². The van der Waals surface area contributed by atoms with E-state index < -0.39 is 24.3 Å². The van der Waals surface area contributed by atoms with Crippen LogP contribution in [0.4, 0.5) is 9.18 Å². The molecule has 0 bridgehead atoms. The Hall–Kier alpha value is -3.94. The minimum atomic E-state index is -0.922. The van der Waals surface area contributed by atoms with E-state index in [0.29, 0.717) is 16.6 Å². The molecule has 32 heavy (non-hydrogen) atoms. The van der Waals surface area contributed by atoms with Crippen LogP contribution in [0, 0.1) is 19.7 Å². The molecule has 0 aliphatic rings.